The van der Waals surface area contributed by atoms with Crippen molar-refractivity contribution in [1.82, 2.24) is 0 Å². The molecule has 8 heteroatoms. The number of aryl methyl sites for hydroxylation is 1. The predicted octanol–water partition coefficient (Wildman–Crippen LogP) is 3.42. The summed E-state index contributed by atoms with van der Waals surface area (Å²) in [6, 6.07) is 11.2. The number of esters is 1. The number of carbonyl (C=O) groups is 2. The predicted molar refractivity (Wildman–Crippen MR) is 95.0 cm³/mol. The summed E-state index contributed by atoms with van der Waals surface area (Å²) in [6.45, 7) is 1.08. The maximum atomic E-state index is 12.0. The van der Waals surface area contributed by atoms with Gasteiger partial charge in [-0.15, -0.1) is 11.8 Å². The number of anilines is 1. The smallest absolute Gasteiger partial charge is 0.338 e. The molecule has 1 N–H and O–H groups in total. The number of nitrogens with zero attached hydrogens (tertiary/aromatic N) is 1. The molecule has 7 nitrogen and oxygen atoms in total. The number of carbonyl (C=O) groups excluding carboxylic acids is 2. The van der Waals surface area contributed by atoms with Gasteiger partial charge in [0.2, 0.25) is 0 Å². The second-order valence-corrected chi connectivity index (χ2v) is 5.93. The molecule has 0 fully saturated rings. The van der Waals surface area contributed by atoms with E-state index in [4.69, 9.17) is 4.74 Å². The second-order valence-electron chi connectivity index (χ2n) is 5.08. The summed E-state index contributed by atoms with van der Waals surface area (Å²) in [7, 11) is 0. The lowest BCUT2D eigenvalue weighted by Gasteiger charge is -2.09. The van der Waals surface area contributed by atoms with E-state index in [1.54, 1.807) is 12.1 Å². The van der Waals surface area contributed by atoms with Crippen LogP contribution in [0.4, 0.5) is 11.4 Å². The first kappa shape index (κ1) is 18.5. The van der Waals surface area contributed by atoms with Crippen LogP contribution in [0.5, 0.6) is 0 Å². The van der Waals surface area contributed by atoms with Gasteiger partial charge in [0.1, 0.15) is 0 Å². The van der Waals surface area contributed by atoms with E-state index in [0.29, 0.717) is 11.3 Å². The van der Waals surface area contributed by atoms with Gasteiger partial charge in [0.15, 0.2) is 6.61 Å². The number of benzene rings is 2. The quantitative estimate of drug-likeness (QED) is 0.367. The summed E-state index contributed by atoms with van der Waals surface area (Å²) in [4.78, 5) is 35.1. The summed E-state index contributed by atoms with van der Waals surface area (Å²) in [5.74, 6) is -1.18. The van der Waals surface area contributed by atoms with Gasteiger partial charge in [-0.25, -0.2) is 4.79 Å². The number of ether oxygens (including phenoxy) is 1. The summed E-state index contributed by atoms with van der Waals surface area (Å²) < 4.78 is 4.96. The molecule has 1 amide bonds. The van der Waals surface area contributed by atoms with E-state index in [9.17, 15) is 19.7 Å². The fourth-order valence-electron chi connectivity index (χ4n) is 2.14. The van der Waals surface area contributed by atoms with Gasteiger partial charge >= 0.3 is 5.97 Å². The van der Waals surface area contributed by atoms with Crippen LogP contribution in [0.2, 0.25) is 0 Å². The van der Waals surface area contributed by atoms with Crippen LogP contribution in [0.15, 0.2) is 47.4 Å². The molecule has 0 saturated carbocycles. The Morgan fingerprint density at radius 1 is 1.24 bits per heavy atom. The zero-order valence-corrected chi connectivity index (χ0v) is 14.5. The van der Waals surface area contributed by atoms with E-state index in [1.807, 2.05) is 18.4 Å². The first-order valence-corrected chi connectivity index (χ1v) is 8.50. The first-order valence-electron chi connectivity index (χ1n) is 7.27. The van der Waals surface area contributed by atoms with Crippen LogP contribution in [0.1, 0.15) is 15.9 Å². The molecule has 0 unspecified atom stereocenters. The first-order chi connectivity index (χ1) is 11.9. The number of nitro benzene ring substituents is 1. The van der Waals surface area contributed by atoms with Crippen LogP contribution in [-0.4, -0.2) is 29.7 Å². The van der Waals surface area contributed by atoms with Crippen LogP contribution in [-0.2, 0) is 9.53 Å². The minimum absolute atomic E-state index is 0.0806. The number of thioether (sulfide) groups is 1. The third-order valence-corrected chi connectivity index (χ3v) is 4.14. The topological polar surface area (TPSA) is 98.5 Å². The average Bonchev–Trinajstić information content (AvgIpc) is 2.59. The number of hydrogen-bond donors (Lipinski definition) is 1. The Morgan fingerprint density at radius 2 is 1.96 bits per heavy atom. The van der Waals surface area contributed by atoms with Gasteiger partial charge in [-0.05, 0) is 37.4 Å². The van der Waals surface area contributed by atoms with Gasteiger partial charge < -0.3 is 10.1 Å². The van der Waals surface area contributed by atoms with Crippen LogP contribution in [0.25, 0.3) is 0 Å². The van der Waals surface area contributed by atoms with Gasteiger partial charge in [0.25, 0.3) is 11.6 Å². The standard InChI is InChI=1S/C17H16N2O5S/c1-11-9-12(7-8-14(11)19(22)23)17(21)24-10-16(20)18-13-5-3-4-6-15(13)25-2/h3-9H,10H2,1-2H3,(H,18,20). The van der Waals surface area contributed by atoms with Crippen LogP contribution in [0.3, 0.4) is 0 Å². The summed E-state index contributed by atoms with van der Waals surface area (Å²) in [6.07, 6.45) is 1.89. The van der Waals surface area contributed by atoms with E-state index in [2.05, 4.69) is 5.32 Å². The number of rotatable bonds is 6. The van der Waals surface area contributed by atoms with Gasteiger partial charge in [-0.2, -0.15) is 0 Å². The summed E-state index contributed by atoms with van der Waals surface area (Å²) in [5, 5.41) is 13.5. The molecule has 0 radical (unpaired) electrons. The van der Waals surface area contributed by atoms with Crippen LogP contribution in [0, 0.1) is 17.0 Å². The normalized spacial score (nSPS) is 10.2. The van der Waals surface area contributed by atoms with Crippen molar-refractivity contribution in [3.63, 3.8) is 0 Å². The lowest BCUT2D eigenvalue weighted by atomic mass is 10.1. The minimum Gasteiger partial charge on any atom is -0.452 e. The summed E-state index contributed by atoms with van der Waals surface area (Å²) >= 11 is 1.49. The number of hydrogen-bond acceptors (Lipinski definition) is 6. The molecule has 0 atom stereocenters. The molecular weight excluding hydrogens is 344 g/mol. The molecule has 0 aliphatic heterocycles. The molecule has 0 aliphatic carbocycles. The van der Waals surface area contributed by atoms with Gasteiger partial charge in [0, 0.05) is 16.5 Å². The van der Waals surface area contributed by atoms with Crippen LogP contribution < -0.4 is 5.32 Å². The molecule has 0 spiro atoms. The van der Waals surface area contributed by atoms with Crippen molar-refractivity contribution < 1.29 is 19.2 Å². The number of amides is 1. The Morgan fingerprint density at radius 3 is 2.60 bits per heavy atom. The van der Waals surface area contributed by atoms with E-state index >= 15 is 0 Å². The lowest BCUT2D eigenvalue weighted by molar-refractivity contribution is -0.385. The largest absolute Gasteiger partial charge is 0.452 e. The Kier molecular flexibility index (Phi) is 6.13. The maximum Gasteiger partial charge on any atom is 0.338 e. The van der Waals surface area contributed by atoms with Crippen molar-refractivity contribution in [2.24, 2.45) is 0 Å². The molecule has 0 heterocycles. The van der Waals surface area contributed by atoms with E-state index in [0.717, 1.165) is 4.90 Å². The second kappa shape index (κ2) is 8.29. The van der Waals surface area contributed by atoms with Crippen molar-refractivity contribution in [3.05, 3.63) is 63.7 Å². The molecule has 0 aliphatic rings. The molecule has 130 valence electrons. The van der Waals surface area contributed by atoms with Crippen molar-refractivity contribution in [2.75, 3.05) is 18.2 Å². The average molecular weight is 360 g/mol. The third-order valence-electron chi connectivity index (χ3n) is 3.34. The number of para-hydroxylation sites is 1. The Balaban J connectivity index is 1.96. The molecule has 2 aromatic carbocycles. The fraction of sp³-hybridized carbons (Fsp3) is 0.176. The van der Waals surface area contributed by atoms with E-state index < -0.39 is 23.4 Å². The monoisotopic (exact) mass is 360 g/mol. The molecule has 0 bridgehead atoms. The van der Waals surface area contributed by atoms with Crippen LogP contribution >= 0.6 is 11.8 Å². The Bertz CT molecular complexity index is 822. The zero-order chi connectivity index (χ0) is 18.4. The highest BCUT2D eigenvalue weighted by atomic mass is 32.2. The molecular formula is C17H16N2O5S. The van der Waals surface area contributed by atoms with Crippen molar-refractivity contribution in [2.45, 2.75) is 11.8 Å². The number of nitro groups is 1. The van der Waals surface area contributed by atoms with E-state index in [1.165, 1.54) is 36.9 Å². The van der Waals surface area contributed by atoms with Crippen molar-refractivity contribution in [3.8, 4) is 0 Å². The lowest BCUT2D eigenvalue weighted by Crippen LogP contribution is -2.21. The van der Waals surface area contributed by atoms with Gasteiger partial charge in [0.05, 0.1) is 16.2 Å². The molecule has 0 saturated heterocycles. The summed E-state index contributed by atoms with van der Waals surface area (Å²) in [5.41, 5.74) is 1.06. The Labute approximate surface area is 148 Å². The fourth-order valence-corrected chi connectivity index (χ4v) is 2.69. The zero-order valence-electron chi connectivity index (χ0n) is 13.6. The molecule has 0 aromatic heterocycles. The Hall–Kier alpha value is -2.87. The molecule has 2 aromatic rings. The van der Waals surface area contributed by atoms with Gasteiger partial charge in [-0.1, -0.05) is 12.1 Å². The maximum absolute atomic E-state index is 12.0. The third kappa shape index (κ3) is 4.80. The molecule has 25 heavy (non-hydrogen) atoms. The van der Waals surface area contributed by atoms with Gasteiger partial charge in [-0.3, -0.25) is 14.9 Å². The SMILES string of the molecule is CSc1ccccc1NC(=O)COC(=O)c1ccc([N+](=O)[O-])c(C)c1. The highest BCUT2D eigenvalue weighted by Crippen LogP contribution is 2.24. The minimum atomic E-state index is -0.716. The highest BCUT2D eigenvalue weighted by molar-refractivity contribution is 7.98. The van der Waals surface area contributed by atoms with Crippen molar-refractivity contribution in [1.29, 1.82) is 0 Å². The highest BCUT2D eigenvalue weighted by Gasteiger charge is 2.16. The molecule has 2 rings (SSSR count). The van der Waals surface area contributed by atoms with E-state index in [-0.39, 0.29) is 11.3 Å². The van der Waals surface area contributed by atoms with Crippen molar-refractivity contribution >= 4 is 35.0 Å². The number of nitrogens with one attached hydrogen (secondary N) is 1.